The molecule has 1 heterocycles. The molecule has 48 valence electrons. The molecule has 0 bridgehead atoms. The summed E-state index contributed by atoms with van der Waals surface area (Å²) in [5.41, 5.74) is 0. The van der Waals surface area contributed by atoms with E-state index in [1.807, 2.05) is 23.6 Å². The Labute approximate surface area is 63.8 Å². The zero-order valence-electron chi connectivity index (χ0n) is 4.88. The Morgan fingerprint density at radius 3 is 3.11 bits per heavy atom. The first-order valence-electron chi connectivity index (χ1n) is 2.69. The minimum atomic E-state index is 0.595. The summed E-state index contributed by atoms with van der Waals surface area (Å²) in [5.74, 6) is 0.595. The standard InChI is InChI=1S/C7H7ClS/c8-5-1-3-7-4-2-6-9-7/h1-4,6H,5H2/b3-1-. The summed E-state index contributed by atoms with van der Waals surface area (Å²) in [7, 11) is 0. The molecule has 0 aliphatic rings. The van der Waals surface area contributed by atoms with Crippen LogP contribution in [0, 0.1) is 0 Å². The minimum absolute atomic E-state index is 0.595. The van der Waals surface area contributed by atoms with E-state index in [1.54, 1.807) is 11.3 Å². The van der Waals surface area contributed by atoms with E-state index in [2.05, 4.69) is 6.07 Å². The maximum atomic E-state index is 5.44. The van der Waals surface area contributed by atoms with Crippen LogP contribution in [0.2, 0.25) is 0 Å². The zero-order chi connectivity index (χ0) is 6.53. The molecule has 2 heteroatoms. The van der Waals surface area contributed by atoms with Gasteiger partial charge in [-0.3, -0.25) is 0 Å². The van der Waals surface area contributed by atoms with Crippen LogP contribution in [-0.4, -0.2) is 5.88 Å². The van der Waals surface area contributed by atoms with Crippen molar-refractivity contribution in [2.45, 2.75) is 0 Å². The van der Waals surface area contributed by atoms with E-state index >= 15 is 0 Å². The lowest BCUT2D eigenvalue weighted by Crippen LogP contribution is -1.58. The largest absolute Gasteiger partial charge is 0.144 e. The predicted molar refractivity (Wildman–Crippen MR) is 44.1 cm³/mol. The number of alkyl halides is 1. The van der Waals surface area contributed by atoms with Crippen molar-refractivity contribution in [1.82, 2.24) is 0 Å². The van der Waals surface area contributed by atoms with Crippen LogP contribution >= 0.6 is 22.9 Å². The van der Waals surface area contributed by atoms with Gasteiger partial charge in [-0.2, -0.15) is 0 Å². The molecule has 1 rings (SSSR count). The van der Waals surface area contributed by atoms with Crippen molar-refractivity contribution in [2.75, 3.05) is 5.88 Å². The van der Waals surface area contributed by atoms with Crippen LogP contribution in [0.1, 0.15) is 4.88 Å². The van der Waals surface area contributed by atoms with Gasteiger partial charge in [0, 0.05) is 10.8 Å². The number of hydrogen-bond acceptors (Lipinski definition) is 1. The van der Waals surface area contributed by atoms with Crippen molar-refractivity contribution in [3.63, 3.8) is 0 Å². The van der Waals surface area contributed by atoms with E-state index in [0.717, 1.165) is 0 Å². The summed E-state index contributed by atoms with van der Waals surface area (Å²) in [6.07, 6.45) is 3.96. The number of hydrogen-bond donors (Lipinski definition) is 0. The van der Waals surface area contributed by atoms with Gasteiger partial charge in [0.1, 0.15) is 0 Å². The first-order valence-corrected chi connectivity index (χ1v) is 4.11. The summed E-state index contributed by atoms with van der Waals surface area (Å²) in [4.78, 5) is 1.26. The molecule has 0 N–H and O–H groups in total. The molecule has 0 atom stereocenters. The molecule has 0 unspecified atom stereocenters. The van der Waals surface area contributed by atoms with Gasteiger partial charge in [-0.15, -0.1) is 22.9 Å². The molecule has 0 nitrogen and oxygen atoms in total. The van der Waals surface area contributed by atoms with Gasteiger partial charge in [0.25, 0.3) is 0 Å². The average Bonchev–Trinajstić information content (AvgIpc) is 2.34. The fourth-order valence-electron chi connectivity index (χ4n) is 0.547. The van der Waals surface area contributed by atoms with Crippen molar-refractivity contribution in [1.29, 1.82) is 0 Å². The fraction of sp³-hybridized carbons (Fsp3) is 0.143. The van der Waals surface area contributed by atoms with Gasteiger partial charge in [0.15, 0.2) is 0 Å². The van der Waals surface area contributed by atoms with E-state index in [-0.39, 0.29) is 0 Å². The Morgan fingerprint density at radius 1 is 1.67 bits per heavy atom. The highest BCUT2D eigenvalue weighted by Gasteiger charge is 1.81. The van der Waals surface area contributed by atoms with Crippen LogP contribution < -0.4 is 0 Å². The second kappa shape index (κ2) is 3.70. The lowest BCUT2D eigenvalue weighted by atomic mass is 10.4. The normalized spacial score (nSPS) is 10.8. The van der Waals surface area contributed by atoms with Crippen LogP contribution in [0.25, 0.3) is 6.08 Å². The highest BCUT2D eigenvalue weighted by atomic mass is 35.5. The van der Waals surface area contributed by atoms with Crippen molar-refractivity contribution < 1.29 is 0 Å². The van der Waals surface area contributed by atoms with Crippen LogP contribution in [0.4, 0.5) is 0 Å². The highest BCUT2D eigenvalue weighted by Crippen LogP contribution is 2.09. The molecule has 0 saturated carbocycles. The zero-order valence-corrected chi connectivity index (χ0v) is 6.45. The lowest BCUT2D eigenvalue weighted by Gasteiger charge is -1.77. The Balaban J connectivity index is 2.57. The minimum Gasteiger partial charge on any atom is -0.144 e. The number of rotatable bonds is 2. The van der Waals surface area contributed by atoms with E-state index in [1.165, 1.54) is 4.88 Å². The van der Waals surface area contributed by atoms with E-state index < -0.39 is 0 Å². The number of halogens is 1. The molecule has 0 radical (unpaired) electrons. The summed E-state index contributed by atoms with van der Waals surface area (Å²) in [5, 5.41) is 2.05. The van der Waals surface area contributed by atoms with Gasteiger partial charge >= 0.3 is 0 Å². The first-order chi connectivity index (χ1) is 4.43. The molecule has 0 amide bonds. The predicted octanol–water partition coefficient (Wildman–Crippen LogP) is 3.00. The maximum Gasteiger partial charge on any atom is 0.0407 e. The molecule has 1 aromatic rings. The van der Waals surface area contributed by atoms with Gasteiger partial charge < -0.3 is 0 Å². The van der Waals surface area contributed by atoms with Gasteiger partial charge in [-0.25, -0.2) is 0 Å². The topological polar surface area (TPSA) is 0 Å². The van der Waals surface area contributed by atoms with Gasteiger partial charge in [-0.1, -0.05) is 12.1 Å². The van der Waals surface area contributed by atoms with Gasteiger partial charge in [0.2, 0.25) is 0 Å². The van der Waals surface area contributed by atoms with Crippen molar-refractivity contribution in [3.05, 3.63) is 28.5 Å². The van der Waals surface area contributed by atoms with E-state index in [9.17, 15) is 0 Å². The van der Waals surface area contributed by atoms with Crippen LogP contribution in [0.15, 0.2) is 23.6 Å². The average molecular weight is 159 g/mol. The second-order valence-electron chi connectivity index (χ2n) is 1.57. The molecule has 0 fully saturated rings. The van der Waals surface area contributed by atoms with Crippen molar-refractivity contribution in [3.8, 4) is 0 Å². The quantitative estimate of drug-likeness (QED) is 0.581. The Morgan fingerprint density at radius 2 is 2.56 bits per heavy atom. The highest BCUT2D eigenvalue weighted by molar-refractivity contribution is 7.10. The molecule has 9 heavy (non-hydrogen) atoms. The van der Waals surface area contributed by atoms with E-state index in [4.69, 9.17) is 11.6 Å². The summed E-state index contributed by atoms with van der Waals surface area (Å²) >= 11 is 7.15. The molecule has 0 aliphatic heterocycles. The molecule has 0 spiro atoms. The smallest absolute Gasteiger partial charge is 0.0407 e. The molecule has 0 saturated heterocycles. The van der Waals surface area contributed by atoms with Gasteiger partial charge in [0.05, 0.1) is 0 Å². The Bertz CT molecular complexity index is 177. The van der Waals surface area contributed by atoms with Crippen LogP contribution in [-0.2, 0) is 0 Å². The lowest BCUT2D eigenvalue weighted by molar-refractivity contribution is 1.79. The molecule has 0 aromatic carbocycles. The van der Waals surface area contributed by atoms with Crippen LogP contribution in [0.5, 0.6) is 0 Å². The Hall–Kier alpha value is -0.270. The fourth-order valence-corrected chi connectivity index (χ4v) is 1.28. The third kappa shape index (κ3) is 2.20. The van der Waals surface area contributed by atoms with Crippen LogP contribution in [0.3, 0.4) is 0 Å². The van der Waals surface area contributed by atoms with Crippen molar-refractivity contribution >= 4 is 29.0 Å². The maximum absolute atomic E-state index is 5.44. The molecule has 1 aromatic heterocycles. The van der Waals surface area contributed by atoms with Gasteiger partial charge in [-0.05, 0) is 17.5 Å². The monoisotopic (exact) mass is 158 g/mol. The third-order valence-corrected chi connectivity index (χ3v) is 1.93. The summed E-state index contributed by atoms with van der Waals surface area (Å²) in [6.45, 7) is 0. The Kier molecular flexibility index (Phi) is 2.81. The first kappa shape index (κ1) is 6.84. The SMILES string of the molecule is ClC/C=C\c1cccs1. The molecular weight excluding hydrogens is 152 g/mol. The number of allylic oxidation sites excluding steroid dienone is 1. The van der Waals surface area contributed by atoms with E-state index in [0.29, 0.717) is 5.88 Å². The molecular formula is C7H7ClS. The van der Waals surface area contributed by atoms with Crippen molar-refractivity contribution in [2.24, 2.45) is 0 Å². The molecule has 0 aliphatic carbocycles. The third-order valence-electron chi connectivity index (χ3n) is 0.914. The summed E-state index contributed by atoms with van der Waals surface area (Å²) < 4.78 is 0. The number of thiophene rings is 1. The summed E-state index contributed by atoms with van der Waals surface area (Å²) in [6, 6.07) is 4.09. The second-order valence-corrected chi connectivity index (χ2v) is 2.86.